The lowest BCUT2D eigenvalue weighted by molar-refractivity contribution is 0.165. The highest BCUT2D eigenvalue weighted by Crippen LogP contribution is 2.29. The van der Waals surface area contributed by atoms with Gasteiger partial charge in [-0.3, -0.25) is 0 Å². The van der Waals surface area contributed by atoms with Gasteiger partial charge in [0.15, 0.2) is 11.5 Å². The van der Waals surface area contributed by atoms with Crippen molar-refractivity contribution < 1.29 is 14.2 Å². The van der Waals surface area contributed by atoms with Gasteiger partial charge in [0.1, 0.15) is 0 Å². The van der Waals surface area contributed by atoms with Gasteiger partial charge >= 0.3 is 0 Å². The van der Waals surface area contributed by atoms with Crippen LogP contribution >= 0.6 is 0 Å². The van der Waals surface area contributed by atoms with Crippen LogP contribution in [0.1, 0.15) is 32.3 Å². The molecular formula is C17H27NO3. The third kappa shape index (κ3) is 5.21. The molecule has 0 aromatic heterocycles. The van der Waals surface area contributed by atoms with Gasteiger partial charge in [0.2, 0.25) is 0 Å². The zero-order chi connectivity index (χ0) is 14.9. The number of nitrogens with one attached hydrogen (secondary N) is 1. The van der Waals surface area contributed by atoms with Crippen molar-refractivity contribution in [3.05, 3.63) is 23.8 Å². The Bertz CT molecular complexity index is 416. The Kier molecular flexibility index (Phi) is 6.83. The molecule has 1 N–H and O–H groups in total. The van der Waals surface area contributed by atoms with E-state index in [-0.39, 0.29) is 0 Å². The van der Waals surface area contributed by atoms with Crippen molar-refractivity contribution in [2.75, 3.05) is 33.0 Å². The molecular weight excluding hydrogens is 266 g/mol. The van der Waals surface area contributed by atoms with Crippen LogP contribution in [0.15, 0.2) is 18.2 Å². The number of hydrogen-bond donors (Lipinski definition) is 1. The van der Waals surface area contributed by atoms with E-state index in [2.05, 4.69) is 24.4 Å². The Hall–Kier alpha value is -1.26. The molecule has 1 fully saturated rings. The van der Waals surface area contributed by atoms with Crippen LogP contribution in [0.5, 0.6) is 11.5 Å². The summed E-state index contributed by atoms with van der Waals surface area (Å²) in [5, 5.41) is 3.40. The van der Waals surface area contributed by atoms with E-state index in [0.717, 1.165) is 50.6 Å². The number of benzene rings is 1. The van der Waals surface area contributed by atoms with E-state index in [4.69, 9.17) is 14.2 Å². The van der Waals surface area contributed by atoms with Crippen molar-refractivity contribution in [3.8, 4) is 11.5 Å². The van der Waals surface area contributed by atoms with Gasteiger partial charge in [-0.2, -0.15) is 0 Å². The van der Waals surface area contributed by atoms with Crippen molar-refractivity contribution in [1.29, 1.82) is 0 Å². The Morgan fingerprint density at radius 1 is 1.24 bits per heavy atom. The highest BCUT2D eigenvalue weighted by atomic mass is 16.5. The summed E-state index contributed by atoms with van der Waals surface area (Å²) in [4.78, 5) is 0. The molecule has 0 bridgehead atoms. The maximum Gasteiger partial charge on any atom is 0.161 e. The van der Waals surface area contributed by atoms with Gasteiger partial charge in [0.25, 0.3) is 0 Å². The molecule has 4 heteroatoms. The lowest BCUT2D eigenvalue weighted by atomic mass is 10.1. The highest BCUT2D eigenvalue weighted by molar-refractivity contribution is 5.43. The molecule has 1 atom stereocenters. The SMILES string of the molecule is CCCNCc1ccc(OCC2CCOC2)c(OCC)c1. The quantitative estimate of drug-likeness (QED) is 0.711. The zero-order valence-electron chi connectivity index (χ0n) is 13.2. The summed E-state index contributed by atoms with van der Waals surface area (Å²) in [6, 6.07) is 6.20. The van der Waals surface area contributed by atoms with Crippen LogP contribution in [-0.2, 0) is 11.3 Å². The third-order valence-electron chi connectivity index (χ3n) is 3.56. The topological polar surface area (TPSA) is 39.7 Å². The summed E-state index contributed by atoms with van der Waals surface area (Å²) in [5.41, 5.74) is 1.23. The van der Waals surface area contributed by atoms with Crippen LogP contribution in [-0.4, -0.2) is 33.0 Å². The second-order valence-corrected chi connectivity index (χ2v) is 5.43. The van der Waals surface area contributed by atoms with Gasteiger partial charge in [0, 0.05) is 19.1 Å². The average molecular weight is 293 g/mol. The van der Waals surface area contributed by atoms with Crippen molar-refractivity contribution in [2.45, 2.75) is 33.2 Å². The van der Waals surface area contributed by atoms with Gasteiger partial charge in [-0.25, -0.2) is 0 Å². The molecule has 1 aromatic carbocycles. The molecule has 0 amide bonds. The minimum atomic E-state index is 0.505. The zero-order valence-corrected chi connectivity index (χ0v) is 13.2. The van der Waals surface area contributed by atoms with E-state index in [9.17, 15) is 0 Å². The molecule has 1 unspecified atom stereocenters. The molecule has 1 aliphatic rings. The molecule has 4 nitrogen and oxygen atoms in total. The fourth-order valence-electron chi connectivity index (χ4n) is 2.38. The molecule has 0 spiro atoms. The van der Waals surface area contributed by atoms with Crippen molar-refractivity contribution >= 4 is 0 Å². The van der Waals surface area contributed by atoms with Crippen LogP contribution in [0.2, 0.25) is 0 Å². The fourth-order valence-corrected chi connectivity index (χ4v) is 2.38. The molecule has 1 aliphatic heterocycles. The van der Waals surface area contributed by atoms with E-state index in [0.29, 0.717) is 19.1 Å². The average Bonchev–Trinajstić information content (AvgIpc) is 3.00. The first-order valence-corrected chi connectivity index (χ1v) is 8.00. The lowest BCUT2D eigenvalue weighted by Gasteiger charge is -2.15. The second kappa shape index (κ2) is 8.90. The fraction of sp³-hybridized carbons (Fsp3) is 0.647. The molecule has 0 aliphatic carbocycles. The largest absolute Gasteiger partial charge is 0.490 e. The highest BCUT2D eigenvalue weighted by Gasteiger charge is 2.17. The summed E-state index contributed by atoms with van der Waals surface area (Å²) in [6.45, 7) is 9.08. The summed E-state index contributed by atoms with van der Waals surface area (Å²) in [5.74, 6) is 2.18. The van der Waals surface area contributed by atoms with Crippen LogP contribution in [0, 0.1) is 5.92 Å². The van der Waals surface area contributed by atoms with Crippen molar-refractivity contribution in [3.63, 3.8) is 0 Å². The minimum absolute atomic E-state index is 0.505. The van der Waals surface area contributed by atoms with E-state index in [1.807, 2.05) is 13.0 Å². The third-order valence-corrected chi connectivity index (χ3v) is 3.56. The Balaban J connectivity index is 1.94. The van der Waals surface area contributed by atoms with Gasteiger partial charge in [-0.05, 0) is 44.0 Å². The van der Waals surface area contributed by atoms with Crippen LogP contribution in [0.4, 0.5) is 0 Å². The second-order valence-electron chi connectivity index (χ2n) is 5.43. The van der Waals surface area contributed by atoms with E-state index >= 15 is 0 Å². The number of rotatable bonds is 9. The smallest absolute Gasteiger partial charge is 0.161 e. The van der Waals surface area contributed by atoms with Gasteiger partial charge < -0.3 is 19.5 Å². The van der Waals surface area contributed by atoms with E-state index < -0.39 is 0 Å². The van der Waals surface area contributed by atoms with Gasteiger partial charge in [-0.15, -0.1) is 0 Å². The Morgan fingerprint density at radius 2 is 2.14 bits per heavy atom. The maximum atomic E-state index is 5.93. The first-order valence-electron chi connectivity index (χ1n) is 8.00. The monoisotopic (exact) mass is 293 g/mol. The first-order chi connectivity index (χ1) is 10.3. The Morgan fingerprint density at radius 3 is 2.86 bits per heavy atom. The maximum absolute atomic E-state index is 5.93. The normalized spacial score (nSPS) is 17.9. The molecule has 1 heterocycles. The summed E-state index contributed by atoms with van der Waals surface area (Å²) in [6.07, 6.45) is 2.23. The number of hydrogen-bond acceptors (Lipinski definition) is 4. The van der Waals surface area contributed by atoms with Crippen LogP contribution < -0.4 is 14.8 Å². The molecule has 21 heavy (non-hydrogen) atoms. The molecule has 118 valence electrons. The standard InChI is InChI=1S/C17H27NO3/c1-3-8-18-11-14-5-6-16(17(10-14)20-4-2)21-13-15-7-9-19-12-15/h5-6,10,15,18H,3-4,7-9,11-13H2,1-2H3. The van der Waals surface area contributed by atoms with Crippen LogP contribution in [0.25, 0.3) is 0 Å². The minimum Gasteiger partial charge on any atom is -0.490 e. The van der Waals surface area contributed by atoms with Gasteiger partial charge in [-0.1, -0.05) is 13.0 Å². The lowest BCUT2D eigenvalue weighted by Crippen LogP contribution is -2.14. The van der Waals surface area contributed by atoms with Crippen molar-refractivity contribution in [1.82, 2.24) is 5.32 Å². The predicted molar refractivity (Wildman–Crippen MR) is 84.0 cm³/mol. The van der Waals surface area contributed by atoms with E-state index in [1.54, 1.807) is 0 Å². The number of ether oxygens (including phenoxy) is 3. The molecule has 0 saturated carbocycles. The first kappa shape index (κ1) is 16.1. The molecule has 1 saturated heterocycles. The summed E-state index contributed by atoms with van der Waals surface area (Å²) in [7, 11) is 0. The summed E-state index contributed by atoms with van der Waals surface area (Å²) < 4.78 is 17.0. The summed E-state index contributed by atoms with van der Waals surface area (Å²) >= 11 is 0. The Labute approximate surface area is 127 Å². The predicted octanol–water partition coefficient (Wildman–Crippen LogP) is 3.00. The van der Waals surface area contributed by atoms with Gasteiger partial charge in [0.05, 0.1) is 19.8 Å². The molecule has 0 radical (unpaired) electrons. The molecule has 1 aromatic rings. The van der Waals surface area contributed by atoms with Crippen LogP contribution in [0.3, 0.4) is 0 Å². The van der Waals surface area contributed by atoms with E-state index in [1.165, 1.54) is 5.56 Å². The van der Waals surface area contributed by atoms with Crippen molar-refractivity contribution in [2.24, 2.45) is 5.92 Å². The molecule has 2 rings (SSSR count).